The van der Waals surface area contributed by atoms with Gasteiger partial charge < -0.3 is 21.1 Å². The molecule has 13 heteroatoms. The Balaban J connectivity index is 1.97. The molecule has 186 valence electrons. The van der Waals surface area contributed by atoms with E-state index in [-0.39, 0.29) is 5.56 Å². The number of aliphatic hydroxyl groups is 2. The maximum absolute atomic E-state index is 13.7. The zero-order valence-electron chi connectivity index (χ0n) is 18.9. The molecule has 8 atom stereocenters. The van der Waals surface area contributed by atoms with Crippen molar-refractivity contribution in [2.75, 3.05) is 14.1 Å². The number of nitro groups is 1. The van der Waals surface area contributed by atoms with Crippen molar-refractivity contribution in [1.82, 2.24) is 4.90 Å². The lowest BCUT2D eigenvalue weighted by atomic mass is 9.49. The number of likely N-dealkylation sites (N-methyl/N-ethyl adjacent to an activating group) is 1. The number of hydrogen-bond donors (Lipinski definition) is 4. The van der Waals surface area contributed by atoms with Gasteiger partial charge in [-0.1, -0.05) is 13.0 Å². The van der Waals surface area contributed by atoms with Gasteiger partial charge in [0.2, 0.25) is 11.7 Å². The number of carbonyl (C=O) groups is 5. The summed E-state index contributed by atoms with van der Waals surface area (Å²) in [4.78, 5) is 77.0. The summed E-state index contributed by atoms with van der Waals surface area (Å²) < 4.78 is 0. The molecule has 2 saturated carbocycles. The van der Waals surface area contributed by atoms with E-state index in [4.69, 9.17) is 5.73 Å². The van der Waals surface area contributed by atoms with Crippen molar-refractivity contribution in [2.45, 2.75) is 30.6 Å². The molecule has 0 spiro atoms. The van der Waals surface area contributed by atoms with Gasteiger partial charge in [-0.15, -0.1) is 0 Å². The summed E-state index contributed by atoms with van der Waals surface area (Å²) in [7, 11) is 2.78. The van der Waals surface area contributed by atoms with E-state index in [2.05, 4.69) is 0 Å². The number of rotatable bonds is 3. The molecule has 0 saturated heterocycles. The number of ketones is 4. The van der Waals surface area contributed by atoms with Crippen molar-refractivity contribution < 1.29 is 44.2 Å². The predicted molar refractivity (Wildman–Crippen MR) is 114 cm³/mol. The molecule has 1 amide bonds. The molecule has 5 N–H and O–H groups in total. The molecule has 0 heterocycles. The summed E-state index contributed by atoms with van der Waals surface area (Å²) in [5, 5.41) is 44.6. The van der Waals surface area contributed by atoms with E-state index in [1.165, 1.54) is 32.0 Å². The monoisotopic (exact) mass is 489 g/mol. The van der Waals surface area contributed by atoms with E-state index >= 15 is 0 Å². The van der Waals surface area contributed by atoms with Gasteiger partial charge in [0, 0.05) is 12.0 Å². The Morgan fingerprint density at radius 1 is 1.17 bits per heavy atom. The van der Waals surface area contributed by atoms with Gasteiger partial charge >= 0.3 is 5.69 Å². The van der Waals surface area contributed by atoms with E-state index in [9.17, 15) is 49.4 Å². The summed E-state index contributed by atoms with van der Waals surface area (Å²) in [5.74, 6) is -15.3. The third-order valence-corrected chi connectivity index (χ3v) is 7.66. The van der Waals surface area contributed by atoms with Crippen LogP contribution in [0.5, 0.6) is 5.75 Å². The van der Waals surface area contributed by atoms with Crippen LogP contribution in [-0.4, -0.2) is 86.0 Å². The molecule has 0 radical (unpaired) electrons. The van der Waals surface area contributed by atoms with E-state index in [0.717, 1.165) is 6.07 Å². The SMILES string of the molecule is C[C@H]1c2ccc([N+](=O)[O-])c(O)c2C(=O)C2C(=O)[C@]3(O)C(=O)C(C(N)=O)C(=O)[C@@H](N(C)C)[C@@H]3[C@@H](O)[C@@H]21. The van der Waals surface area contributed by atoms with Gasteiger partial charge in [0.25, 0.3) is 0 Å². The predicted octanol–water partition coefficient (Wildman–Crippen LogP) is -1.69. The van der Waals surface area contributed by atoms with E-state index in [0.29, 0.717) is 0 Å². The van der Waals surface area contributed by atoms with Gasteiger partial charge in [-0.3, -0.25) is 39.0 Å². The van der Waals surface area contributed by atoms with E-state index in [1.54, 1.807) is 0 Å². The van der Waals surface area contributed by atoms with Crippen molar-refractivity contribution in [3.63, 3.8) is 0 Å². The molecule has 1 aromatic rings. The number of benzene rings is 1. The largest absolute Gasteiger partial charge is 0.502 e. The molecular formula is C22H23N3O10. The number of primary amides is 1. The Kier molecular flexibility index (Phi) is 5.43. The maximum Gasteiger partial charge on any atom is 0.311 e. The number of fused-ring (bicyclic) bond motifs is 3. The second kappa shape index (κ2) is 7.73. The quantitative estimate of drug-likeness (QED) is 0.213. The lowest BCUT2D eigenvalue weighted by Gasteiger charge is -2.55. The second-order valence-corrected chi connectivity index (χ2v) is 9.52. The number of amides is 1. The summed E-state index contributed by atoms with van der Waals surface area (Å²) in [6.45, 7) is 1.51. The zero-order valence-corrected chi connectivity index (χ0v) is 18.9. The van der Waals surface area contributed by atoms with Crippen LogP contribution in [-0.2, 0) is 19.2 Å². The molecule has 2 fully saturated rings. The number of nitrogens with zero attached hydrogens (tertiary/aromatic N) is 2. The number of aliphatic hydroxyl groups excluding tert-OH is 1. The fourth-order valence-corrected chi connectivity index (χ4v) is 6.13. The molecule has 35 heavy (non-hydrogen) atoms. The van der Waals surface area contributed by atoms with Crippen LogP contribution in [0.2, 0.25) is 0 Å². The first kappa shape index (κ1) is 24.6. The third-order valence-electron chi connectivity index (χ3n) is 7.66. The lowest BCUT2D eigenvalue weighted by molar-refractivity contribution is -0.385. The van der Waals surface area contributed by atoms with Gasteiger partial charge in [-0.2, -0.15) is 0 Å². The average molecular weight is 489 g/mol. The fraction of sp³-hybridized carbons (Fsp3) is 0.500. The molecule has 13 nitrogen and oxygen atoms in total. The van der Waals surface area contributed by atoms with Crippen LogP contribution >= 0.6 is 0 Å². The topological polar surface area (TPSA) is 218 Å². The first-order valence-electron chi connectivity index (χ1n) is 10.7. The highest BCUT2D eigenvalue weighted by molar-refractivity contribution is 6.32. The van der Waals surface area contributed by atoms with Crippen molar-refractivity contribution in [2.24, 2.45) is 29.4 Å². The minimum Gasteiger partial charge on any atom is -0.502 e. The highest BCUT2D eigenvalue weighted by Crippen LogP contribution is 2.55. The van der Waals surface area contributed by atoms with Crippen LogP contribution in [0.15, 0.2) is 12.1 Å². The van der Waals surface area contributed by atoms with Crippen LogP contribution in [0.4, 0.5) is 5.69 Å². The Hall–Kier alpha value is -3.55. The smallest absolute Gasteiger partial charge is 0.311 e. The Morgan fingerprint density at radius 2 is 1.77 bits per heavy atom. The minimum atomic E-state index is -3.12. The molecule has 3 aliphatic rings. The van der Waals surface area contributed by atoms with Gasteiger partial charge in [0.15, 0.2) is 34.7 Å². The van der Waals surface area contributed by atoms with Gasteiger partial charge in [0.05, 0.1) is 34.5 Å². The van der Waals surface area contributed by atoms with E-state index in [1.807, 2.05) is 0 Å². The maximum atomic E-state index is 13.7. The highest BCUT2D eigenvalue weighted by Gasteiger charge is 2.73. The van der Waals surface area contributed by atoms with Crippen LogP contribution in [0.3, 0.4) is 0 Å². The van der Waals surface area contributed by atoms with Crippen LogP contribution in [0.1, 0.15) is 28.8 Å². The van der Waals surface area contributed by atoms with E-state index < -0.39 is 98.3 Å². The number of hydrogen-bond acceptors (Lipinski definition) is 11. The summed E-state index contributed by atoms with van der Waals surface area (Å²) >= 11 is 0. The van der Waals surface area contributed by atoms with Crippen molar-refractivity contribution in [3.8, 4) is 5.75 Å². The first-order chi connectivity index (χ1) is 16.2. The Labute approximate surface area is 197 Å². The summed E-state index contributed by atoms with van der Waals surface area (Å²) in [6.07, 6.45) is -1.76. The first-order valence-corrected chi connectivity index (χ1v) is 10.7. The minimum absolute atomic E-state index is 0.126. The number of Topliss-reactive ketones (excluding diaryl/α,β-unsaturated/α-hetero) is 4. The average Bonchev–Trinajstić information content (AvgIpc) is 2.75. The highest BCUT2D eigenvalue weighted by atomic mass is 16.6. The second-order valence-electron chi connectivity index (χ2n) is 9.52. The molecule has 4 rings (SSSR count). The number of phenols is 1. The molecule has 3 aliphatic carbocycles. The van der Waals surface area contributed by atoms with Crippen molar-refractivity contribution in [1.29, 1.82) is 0 Å². The normalized spacial score (nSPS) is 36.5. The Bertz CT molecular complexity index is 1230. The third kappa shape index (κ3) is 2.95. The fourth-order valence-electron chi connectivity index (χ4n) is 6.13. The number of nitrogens with two attached hydrogens (primary N) is 1. The molecule has 1 aromatic carbocycles. The van der Waals surface area contributed by atoms with Crippen LogP contribution in [0, 0.1) is 33.8 Å². The summed E-state index contributed by atoms with van der Waals surface area (Å²) in [6, 6.07) is 0.747. The van der Waals surface area contributed by atoms with Crippen LogP contribution in [0.25, 0.3) is 0 Å². The number of aromatic hydroxyl groups is 1. The molecule has 0 aliphatic heterocycles. The summed E-state index contributed by atoms with van der Waals surface area (Å²) in [5.41, 5.74) is 0.930. The molecular weight excluding hydrogens is 466 g/mol. The van der Waals surface area contributed by atoms with Crippen molar-refractivity contribution in [3.05, 3.63) is 33.4 Å². The van der Waals surface area contributed by atoms with Gasteiger partial charge in [-0.25, -0.2) is 0 Å². The number of phenolic OH excluding ortho intramolecular Hbond substituents is 1. The zero-order chi connectivity index (χ0) is 26.3. The molecule has 0 bridgehead atoms. The van der Waals surface area contributed by atoms with Gasteiger partial charge in [-0.05, 0) is 25.6 Å². The molecule has 2 unspecified atom stereocenters. The van der Waals surface area contributed by atoms with Gasteiger partial charge in [0.1, 0.15) is 0 Å². The Morgan fingerprint density at radius 3 is 2.29 bits per heavy atom. The lowest BCUT2D eigenvalue weighted by Crippen LogP contribution is -2.77. The molecule has 0 aromatic heterocycles. The van der Waals surface area contributed by atoms with Crippen LogP contribution < -0.4 is 5.73 Å². The van der Waals surface area contributed by atoms with Crippen molar-refractivity contribution >= 4 is 34.7 Å². The standard InChI is InChI=1S/C22H23N3O10/c1-6-7-4-5-8(25(34)35)15(26)10(7)16(27)11-9(6)17(28)13-14(24(2)3)18(29)12(21(23)32)20(31)22(13,33)19(11)30/h4-6,9,11-14,17,26,28,33H,1-3H3,(H2,23,32)/t6-,9+,11?,12?,13+,14-,17-,22-/m0/s1. The number of carbonyl (C=O) groups excluding carboxylic acids is 5. The number of nitro benzene ring substituents is 1.